The van der Waals surface area contributed by atoms with E-state index in [1.807, 2.05) is 48.3 Å². The molecule has 0 bridgehead atoms. The number of hydrogen-bond donors (Lipinski definition) is 2. The van der Waals surface area contributed by atoms with E-state index in [-0.39, 0.29) is 0 Å². The fraction of sp³-hybridized carbons (Fsp3) is 0.316. The molecule has 0 atom stereocenters. The third-order valence-corrected chi connectivity index (χ3v) is 4.49. The topological polar surface area (TPSA) is 83.0 Å². The summed E-state index contributed by atoms with van der Waals surface area (Å²) in [6.07, 6.45) is 1.14. The fourth-order valence-corrected chi connectivity index (χ4v) is 3.21. The van der Waals surface area contributed by atoms with Crippen molar-refractivity contribution in [2.75, 3.05) is 32.2 Å². The molecule has 2 aromatic carbocycles. The minimum atomic E-state index is -3.34. The molecule has 27 heavy (non-hydrogen) atoms. The van der Waals surface area contributed by atoms with Crippen LogP contribution < -0.4 is 14.8 Å². The molecule has 0 aliphatic heterocycles. The van der Waals surface area contributed by atoms with E-state index in [9.17, 15) is 8.42 Å². The lowest BCUT2D eigenvalue weighted by molar-refractivity contribution is 0.414. The van der Waals surface area contributed by atoms with Crippen molar-refractivity contribution in [3.8, 4) is 5.75 Å². The molecule has 0 radical (unpaired) electrons. The summed E-state index contributed by atoms with van der Waals surface area (Å²) in [6.45, 7) is 1.12. The standard InChI is InChI=1S/C19H26N4O3S/c1-20-19(23(2)14-15-9-11-17(26-3)12-10-15)21-13-16-7-5-6-8-18(16)22-27(4,24)25/h5-12,22H,13-14H2,1-4H3,(H,20,21). The van der Waals surface area contributed by atoms with Gasteiger partial charge in [0.2, 0.25) is 10.0 Å². The van der Waals surface area contributed by atoms with Gasteiger partial charge in [-0.25, -0.2) is 8.42 Å². The summed E-state index contributed by atoms with van der Waals surface area (Å²) in [5, 5.41) is 3.27. The van der Waals surface area contributed by atoms with Crippen LogP contribution in [0.2, 0.25) is 0 Å². The highest BCUT2D eigenvalue weighted by molar-refractivity contribution is 7.92. The molecule has 0 heterocycles. The van der Waals surface area contributed by atoms with Crippen molar-refractivity contribution in [2.24, 2.45) is 4.99 Å². The second-order valence-electron chi connectivity index (χ2n) is 6.14. The van der Waals surface area contributed by atoms with Gasteiger partial charge in [-0.15, -0.1) is 0 Å². The van der Waals surface area contributed by atoms with E-state index in [1.54, 1.807) is 26.3 Å². The van der Waals surface area contributed by atoms with Crippen LogP contribution in [0.3, 0.4) is 0 Å². The number of sulfonamides is 1. The number of nitrogens with zero attached hydrogens (tertiary/aromatic N) is 2. The zero-order valence-electron chi connectivity index (χ0n) is 16.1. The Morgan fingerprint density at radius 2 is 1.81 bits per heavy atom. The van der Waals surface area contributed by atoms with E-state index in [0.29, 0.717) is 24.7 Å². The van der Waals surface area contributed by atoms with Gasteiger partial charge in [-0.2, -0.15) is 0 Å². The predicted octanol–water partition coefficient (Wildman–Crippen LogP) is 2.27. The Kier molecular flexibility index (Phi) is 7.06. The number of ether oxygens (including phenoxy) is 1. The lowest BCUT2D eigenvalue weighted by atomic mass is 10.2. The van der Waals surface area contributed by atoms with E-state index in [4.69, 9.17) is 4.74 Å². The maximum absolute atomic E-state index is 11.5. The first kappa shape index (κ1) is 20.6. The summed E-state index contributed by atoms with van der Waals surface area (Å²) in [5.74, 6) is 1.53. The highest BCUT2D eigenvalue weighted by Gasteiger charge is 2.10. The second kappa shape index (κ2) is 9.27. The van der Waals surface area contributed by atoms with Gasteiger partial charge in [-0.3, -0.25) is 9.71 Å². The van der Waals surface area contributed by atoms with Crippen LogP contribution in [0.25, 0.3) is 0 Å². The normalized spacial score (nSPS) is 11.8. The van der Waals surface area contributed by atoms with E-state index < -0.39 is 10.0 Å². The van der Waals surface area contributed by atoms with Gasteiger partial charge < -0.3 is 15.0 Å². The third kappa shape index (κ3) is 6.49. The van der Waals surface area contributed by atoms with Gasteiger partial charge in [0, 0.05) is 27.2 Å². The SMILES string of the molecule is CN=C(NCc1ccccc1NS(C)(=O)=O)N(C)Cc1ccc(OC)cc1. The highest BCUT2D eigenvalue weighted by atomic mass is 32.2. The van der Waals surface area contributed by atoms with E-state index in [2.05, 4.69) is 15.0 Å². The van der Waals surface area contributed by atoms with Crippen LogP contribution in [0.5, 0.6) is 5.75 Å². The van der Waals surface area contributed by atoms with Gasteiger partial charge in [-0.05, 0) is 29.3 Å². The Morgan fingerprint density at radius 3 is 2.41 bits per heavy atom. The summed E-state index contributed by atoms with van der Waals surface area (Å²) < 4.78 is 30.8. The van der Waals surface area contributed by atoms with Crippen LogP contribution in [-0.4, -0.2) is 46.7 Å². The zero-order valence-corrected chi connectivity index (χ0v) is 16.9. The number of para-hydroxylation sites is 1. The predicted molar refractivity (Wildman–Crippen MR) is 110 cm³/mol. The molecule has 0 aliphatic carbocycles. The maximum Gasteiger partial charge on any atom is 0.229 e. The Hall–Kier alpha value is -2.74. The van der Waals surface area contributed by atoms with Crippen molar-refractivity contribution >= 4 is 21.7 Å². The largest absolute Gasteiger partial charge is 0.497 e. The Balaban J connectivity index is 2.02. The molecule has 0 saturated heterocycles. The average molecular weight is 391 g/mol. The smallest absolute Gasteiger partial charge is 0.229 e. The number of nitrogens with one attached hydrogen (secondary N) is 2. The minimum Gasteiger partial charge on any atom is -0.497 e. The number of benzene rings is 2. The molecule has 0 aliphatic rings. The van der Waals surface area contributed by atoms with E-state index >= 15 is 0 Å². The van der Waals surface area contributed by atoms with Gasteiger partial charge in [0.15, 0.2) is 5.96 Å². The summed E-state index contributed by atoms with van der Waals surface area (Å²) >= 11 is 0. The third-order valence-electron chi connectivity index (χ3n) is 3.90. The van der Waals surface area contributed by atoms with Crippen molar-refractivity contribution in [2.45, 2.75) is 13.1 Å². The molecular formula is C19H26N4O3S. The summed E-state index contributed by atoms with van der Waals surface area (Å²) in [4.78, 5) is 6.30. The Morgan fingerprint density at radius 1 is 1.15 bits per heavy atom. The number of aliphatic imine (C=N–C) groups is 1. The molecule has 2 rings (SSSR count). The van der Waals surface area contributed by atoms with Gasteiger partial charge in [-0.1, -0.05) is 30.3 Å². The molecule has 0 fully saturated rings. The Bertz CT molecular complexity index is 880. The van der Waals surface area contributed by atoms with Gasteiger partial charge >= 0.3 is 0 Å². The molecule has 0 aromatic heterocycles. The molecule has 0 unspecified atom stereocenters. The van der Waals surface area contributed by atoms with Crippen molar-refractivity contribution < 1.29 is 13.2 Å². The van der Waals surface area contributed by atoms with Gasteiger partial charge in [0.25, 0.3) is 0 Å². The lowest BCUT2D eigenvalue weighted by Gasteiger charge is -2.23. The second-order valence-corrected chi connectivity index (χ2v) is 7.88. The number of rotatable bonds is 7. The van der Waals surface area contributed by atoms with Crippen LogP contribution in [0, 0.1) is 0 Å². The molecular weight excluding hydrogens is 364 g/mol. The zero-order chi connectivity index (χ0) is 19.9. The molecule has 0 saturated carbocycles. The average Bonchev–Trinajstić information content (AvgIpc) is 2.63. The molecule has 0 amide bonds. The molecule has 7 nitrogen and oxygen atoms in total. The number of methoxy groups -OCH3 is 1. The van der Waals surface area contributed by atoms with Gasteiger partial charge in [0.1, 0.15) is 5.75 Å². The van der Waals surface area contributed by atoms with Crippen molar-refractivity contribution in [1.82, 2.24) is 10.2 Å². The van der Waals surface area contributed by atoms with E-state index in [0.717, 1.165) is 23.1 Å². The Labute approximate surface area is 161 Å². The maximum atomic E-state index is 11.5. The number of hydrogen-bond acceptors (Lipinski definition) is 4. The van der Waals surface area contributed by atoms with Crippen molar-refractivity contribution in [3.63, 3.8) is 0 Å². The van der Waals surface area contributed by atoms with Crippen LogP contribution in [-0.2, 0) is 23.1 Å². The quantitative estimate of drug-likeness (QED) is 0.560. The molecule has 146 valence electrons. The molecule has 8 heteroatoms. The first-order chi connectivity index (χ1) is 12.8. The molecule has 2 aromatic rings. The van der Waals surface area contributed by atoms with Gasteiger partial charge in [0.05, 0.1) is 19.1 Å². The van der Waals surface area contributed by atoms with E-state index in [1.165, 1.54) is 0 Å². The first-order valence-corrected chi connectivity index (χ1v) is 10.3. The number of guanidine groups is 1. The fourth-order valence-electron chi connectivity index (χ4n) is 2.61. The molecule has 0 spiro atoms. The van der Waals surface area contributed by atoms with Crippen molar-refractivity contribution in [1.29, 1.82) is 0 Å². The van der Waals surface area contributed by atoms with Crippen LogP contribution >= 0.6 is 0 Å². The van der Waals surface area contributed by atoms with Crippen molar-refractivity contribution in [3.05, 3.63) is 59.7 Å². The summed E-state index contributed by atoms with van der Waals surface area (Å²) in [7, 11) is 1.97. The highest BCUT2D eigenvalue weighted by Crippen LogP contribution is 2.16. The monoisotopic (exact) mass is 390 g/mol. The summed E-state index contributed by atoms with van der Waals surface area (Å²) in [6, 6.07) is 15.1. The lowest BCUT2D eigenvalue weighted by Crippen LogP contribution is -2.38. The molecule has 2 N–H and O–H groups in total. The summed E-state index contributed by atoms with van der Waals surface area (Å²) in [5.41, 5.74) is 2.52. The van der Waals surface area contributed by atoms with Crippen LogP contribution in [0.4, 0.5) is 5.69 Å². The minimum absolute atomic E-state index is 0.443. The first-order valence-electron chi connectivity index (χ1n) is 8.43. The van der Waals surface area contributed by atoms with Crippen LogP contribution in [0.1, 0.15) is 11.1 Å². The number of anilines is 1. The van der Waals surface area contributed by atoms with Crippen LogP contribution in [0.15, 0.2) is 53.5 Å².